The molecule has 4 aliphatic rings. The minimum Gasteiger partial charge on any atom is -0.486 e. The van der Waals surface area contributed by atoms with Crippen LogP contribution in [0.3, 0.4) is 0 Å². The van der Waals surface area contributed by atoms with Crippen LogP contribution in [0, 0.1) is 5.92 Å². The fourth-order valence-electron chi connectivity index (χ4n) is 6.37. The van der Waals surface area contributed by atoms with Gasteiger partial charge in [-0.1, -0.05) is 6.07 Å². The van der Waals surface area contributed by atoms with Crippen molar-refractivity contribution in [3.8, 4) is 5.75 Å². The van der Waals surface area contributed by atoms with Gasteiger partial charge in [-0.05, 0) is 73.9 Å². The van der Waals surface area contributed by atoms with E-state index in [1.807, 2.05) is 17.0 Å². The second-order valence-electron chi connectivity index (χ2n) is 13.0. The zero-order chi connectivity index (χ0) is 31.5. The summed E-state index contributed by atoms with van der Waals surface area (Å²) in [6.07, 6.45) is 8.60. The highest BCUT2D eigenvalue weighted by Crippen LogP contribution is 2.32. The zero-order valence-corrected chi connectivity index (χ0v) is 26.2. The molecule has 0 spiro atoms. The summed E-state index contributed by atoms with van der Waals surface area (Å²) >= 11 is 0. The van der Waals surface area contributed by atoms with Gasteiger partial charge in [0.1, 0.15) is 24.0 Å². The first kappa shape index (κ1) is 30.5. The van der Waals surface area contributed by atoms with Gasteiger partial charge in [-0.15, -0.1) is 0 Å². The van der Waals surface area contributed by atoms with Crippen LogP contribution in [0.15, 0.2) is 47.3 Å². The van der Waals surface area contributed by atoms with Crippen molar-refractivity contribution in [3.63, 3.8) is 0 Å². The van der Waals surface area contributed by atoms with Gasteiger partial charge in [-0.3, -0.25) is 14.5 Å². The molecule has 2 aliphatic heterocycles. The molecular formula is C34H43N7O5. The highest BCUT2D eigenvalue weighted by atomic mass is 16.5. The van der Waals surface area contributed by atoms with E-state index < -0.39 is 6.10 Å². The molecular weight excluding hydrogens is 586 g/mol. The Hall–Kier alpha value is -4.16. The van der Waals surface area contributed by atoms with Gasteiger partial charge < -0.3 is 34.7 Å². The Balaban J connectivity index is 0.922. The Morgan fingerprint density at radius 2 is 1.89 bits per heavy atom. The Bertz CT molecular complexity index is 1520. The quantitative estimate of drug-likeness (QED) is 0.274. The highest BCUT2D eigenvalue weighted by molar-refractivity contribution is 5.95. The Morgan fingerprint density at radius 3 is 2.63 bits per heavy atom. The number of pyridine rings is 1. The summed E-state index contributed by atoms with van der Waals surface area (Å²) in [5.41, 5.74) is 2.97. The number of piperazine rings is 1. The third-order valence-electron chi connectivity index (χ3n) is 9.47. The molecule has 0 bridgehead atoms. The fraction of sp³-hybridized carbons (Fsp3) is 0.529. The summed E-state index contributed by atoms with van der Waals surface area (Å²) in [5, 5.41) is 17.3. The first-order chi connectivity index (χ1) is 22.5. The monoisotopic (exact) mass is 629 g/mol. The number of carbonyl (C=O) groups excluding carboxylic acids is 2. The number of amides is 2. The number of rotatable bonds is 12. The van der Waals surface area contributed by atoms with Crippen LogP contribution in [-0.2, 0) is 24.4 Å². The molecule has 244 valence electrons. The maximum absolute atomic E-state index is 13.4. The number of ether oxygens (including phenoxy) is 1. The molecule has 1 aromatic carbocycles. The largest absolute Gasteiger partial charge is 0.486 e. The van der Waals surface area contributed by atoms with E-state index in [2.05, 4.69) is 37.6 Å². The van der Waals surface area contributed by atoms with Crippen molar-refractivity contribution >= 4 is 23.5 Å². The van der Waals surface area contributed by atoms with Crippen LogP contribution < -0.4 is 20.3 Å². The molecule has 7 rings (SSSR count). The number of hydrogen-bond acceptors (Lipinski definition) is 10. The Labute approximate surface area is 269 Å². The topological polar surface area (TPSA) is 136 Å². The molecule has 0 unspecified atom stereocenters. The molecule has 1 saturated heterocycles. The molecule has 2 aromatic heterocycles. The summed E-state index contributed by atoms with van der Waals surface area (Å²) in [6.45, 7) is 5.21. The van der Waals surface area contributed by atoms with Gasteiger partial charge in [-0.25, -0.2) is 9.97 Å². The molecule has 12 nitrogen and oxygen atoms in total. The third kappa shape index (κ3) is 7.45. The average molecular weight is 630 g/mol. The highest BCUT2D eigenvalue weighted by Gasteiger charge is 2.35. The first-order valence-corrected chi connectivity index (χ1v) is 16.6. The van der Waals surface area contributed by atoms with Crippen molar-refractivity contribution in [1.82, 2.24) is 25.1 Å². The average Bonchev–Trinajstić information content (AvgIpc) is 3.78. The Kier molecular flexibility index (Phi) is 9.07. The van der Waals surface area contributed by atoms with Gasteiger partial charge >= 0.3 is 0 Å². The Morgan fingerprint density at radius 1 is 1.04 bits per heavy atom. The molecule has 3 aromatic rings. The van der Waals surface area contributed by atoms with Crippen LogP contribution in [0.4, 0.5) is 11.6 Å². The van der Waals surface area contributed by atoms with Crippen molar-refractivity contribution in [2.75, 3.05) is 56.0 Å². The van der Waals surface area contributed by atoms with Crippen LogP contribution in [0.2, 0.25) is 0 Å². The number of nitrogens with zero attached hydrogens (tertiary/aromatic N) is 5. The van der Waals surface area contributed by atoms with E-state index in [9.17, 15) is 14.7 Å². The number of aliphatic hydroxyl groups excluding tert-OH is 1. The van der Waals surface area contributed by atoms with Crippen LogP contribution >= 0.6 is 0 Å². The molecule has 4 heterocycles. The van der Waals surface area contributed by atoms with Gasteiger partial charge in [0.15, 0.2) is 12.2 Å². The number of aromatic nitrogens is 2. The van der Waals surface area contributed by atoms with E-state index in [1.54, 1.807) is 12.3 Å². The van der Waals surface area contributed by atoms with Crippen LogP contribution in [0.1, 0.15) is 59.3 Å². The summed E-state index contributed by atoms with van der Waals surface area (Å²) in [6, 6.07) is 10.1. The van der Waals surface area contributed by atoms with Crippen LogP contribution in [0.5, 0.6) is 5.75 Å². The predicted octanol–water partition coefficient (Wildman–Crippen LogP) is 2.82. The lowest BCUT2D eigenvalue weighted by Crippen LogP contribution is -2.49. The second-order valence-corrected chi connectivity index (χ2v) is 13.0. The van der Waals surface area contributed by atoms with Gasteiger partial charge in [0.25, 0.3) is 5.91 Å². The van der Waals surface area contributed by atoms with Crippen LogP contribution in [-0.4, -0.2) is 94.6 Å². The molecule has 2 saturated carbocycles. The molecule has 2 aliphatic carbocycles. The van der Waals surface area contributed by atoms with Crippen LogP contribution in [0.25, 0.3) is 0 Å². The van der Waals surface area contributed by atoms with E-state index in [-0.39, 0.29) is 24.3 Å². The first-order valence-electron chi connectivity index (χ1n) is 16.6. The van der Waals surface area contributed by atoms with Crippen molar-refractivity contribution < 1.29 is 23.8 Å². The molecule has 1 atom stereocenters. The number of β-amino-alcohol motifs (C(OH)–C–C–N with tert-alkyl or cyclic N) is 1. The summed E-state index contributed by atoms with van der Waals surface area (Å²) < 4.78 is 11.1. The van der Waals surface area contributed by atoms with Gasteiger partial charge in [0, 0.05) is 69.9 Å². The molecule has 12 heteroatoms. The lowest BCUT2D eigenvalue weighted by Gasteiger charge is -2.36. The summed E-state index contributed by atoms with van der Waals surface area (Å²) in [7, 11) is 0. The predicted molar refractivity (Wildman–Crippen MR) is 172 cm³/mol. The lowest BCUT2D eigenvalue weighted by atomic mass is 9.93. The maximum Gasteiger partial charge on any atom is 0.251 e. The number of anilines is 2. The number of fused-ring (bicyclic) bond motifs is 1. The number of carbonyl (C=O) groups is 2. The molecule has 0 radical (unpaired) electrons. The van der Waals surface area contributed by atoms with E-state index >= 15 is 0 Å². The van der Waals surface area contributed by atoms with Gasteiger partial charge in [0.05, 0.1) is 12.3 Å². The number of aliphatic hydroxyl groups is 1. The van der Waals surface area contributed by atoms with Crippen molar-refractivity contribution in [1.29, 1.82) is 0 Å². The number of nitrogens with one attached hydrogen (secondary N) is 2. The van der Waals surface area contributed by atoms with Crippen molar-refractivity contribution in [2.24, 2.45) is 5.92 Å². The van der Waals surface area contributed by atoms with E-state index in [1.165, 1.54) is 23.9 Å². The fourth-order valence-corrected chi connectivity index (χ4v) is 6.37. The van der Waals surface area contributed by atoms with E-state index in [0.29, 0.717) is 62.5 Å². The van der Waals surface area contributed by atoms with Crippen molar-refractivity contribution in [3.05, 3.63) is 65.4 Å². The zero-order valence-electron chi connectivity index (χ0n) is 26.2. The van der Waals surface area contributed by atoms with Crippen molar-refractivity contribution in [2.45, 2.75) is 63.8 Å². The SMILES string of the molecule is O=C(NC[C@H](O)CN1CCc2cc(OCc3cnco3)ccc2C1)c1cc(NC2CCC2)nc(N2CCN(C(=O)C3CC3)CC2)c1. The molecule has 2 amide bonds. The second kappa shape index (κ2) is 13.7. The number of hydrogen-bond donors (Lipinski definition) is 3. The summed E-state index contributed by atoms with van der Waals surface area (Å²) in [5.74, 6) is 3.18. The summed E-state index contributed by atoms with van der Waals surface area (Å²) in [4.78, 5) is 41.0. The smallest absolute Gasteiger partial charge is 0.251 e. The third-order valence-corrected chi connectivity index (χ3v) is 9.47. The number of benzene rings is 1. The van der Waals surface area contributed by atoms with Gasteiger partial charge in [-0.2, -0.15) is 0 Å². The molecule has 46 heavy (non-hydrogen) atoms. The molecule has 3 fully saturated rings. The van der Waals surface area contributed by atoms with E-state index in [4.69, 9.17) is 14.1 Å². The minimum atomic E-state index is -0.707. The number of oxazole rings is 1. The normalized spacial score (nSPS) is 19.2. The van der Waals surface area contributed by atoms with Gasteiger partial charge in [0.2, 0.25) is 5.91 Å². The van der Waals surface area contributed by atoms with E-state index in [0.717, 1.165) is 56.8 Å². The minimum absolute atomic E-state index is 0.154. The molecule has 3 N–H and O–H groups in total. The maximum atomic E-state index is 13.4. The lowest BCUT2D eigenvalue weighted by molar-refractivity contribution is -0.132. The standard InChI is InChI=1S/C34H43N7O5/c42-28(20-39-9-8-24-14-29(7-6-25(24)19-39)45-21-30-18-35-22-46-30)17-36-33(43)26-15-31(37-27-2-1-3-27)38-32(16-26)40-10-12-41(13-11-40)34(44)23-4-5-23/h6-7,14-16,18,22-23,27-28,42H,1-5,8-13,17,19-21H2,(H,36,43)(H,37,38)/t28-/m0/s1.